The summed E-state index contributed by atoms with van der Waals surface area (Å²) < 4.78 is 15.2. The van der Waals surface area contributed by atoms with Crippen LogP contribution in [0.2, 0.25) is 0 Å². The third-order valence-electron chi connectivity index (χ3n) is 2.81. The number of rotatable bonds is 1. The van der Waals surface area contributed by atoms with Gasteiger partial charge in [-0.05, 0) is 29.7 Å². The van der Waals surface area contributed by atoms with Crippen molar-refractivity contribution in [2.24, 2.45) is 0 Å². The molecule has 3 heteroatoms. The largest absolute Gasteiger partial charge is 0.505 e. The summed E-state index contributed by atoms with van der Waals surface area (Å²) in [6.07, 6.45) is 1.89. The van der Waals surface area contributed by atoms with Gasteiger partial charge in [-0.25, -0.2) is 4.39 Å². The van der Waals surface area contributed by atoms with E-state index >= 15 is 0 Å². The van der Waals surface area contributed by atoms with Gasteiger partial charge in [-0.15, -0.1) is 0 Å². The summed E-state index contributed by atoms with van der Waals surface area (Å²) in [5, 5.41) is 10.3. The highest BCUT2D eigenvalue weighted by molar-refractivity contribution is 5.81. The second-order valence-corrected chi connectivity index (χ2v) is 3.88. The molecule has 1 heterocycles. The summed E-state index contributed by atoms with van der Waals surface area (Å²) in [5.74, 6) is -0.939. The van der Waals surface area contributed by atoms with E-state index in [4.69, 9.17) is 0 Å². The number of hydrogen-bond acceptors (Lipinski definition) is 1. The number of aromatic nitrogens is 1. The zero-order chi connectivity index (χ0) is 11.8. The Balaban J connectivity index is 2.24. The molecule has 3 aromatic rings. The van der Waals surface area contributed by atoms with Crippen molar-refractivity contribution in [3.8, 4) is 11.4 Å². The average Bonchev–Trinajstić information content (AvgIpc) is 2.76. The fourth-order valence-electron chi connectivity index (χ4n) is 1.95. The minimum absolute atomic E-state index is 0.329. The molecule has 2 nitrogen and oxygen atoms in total. The molecular weight excluding hydrogens is 217 g/mol. The quantitative estimate of drug-likeness (QED) is 0.676. The molecular formula is C14H10FNO. The Hall–Kier alpha value is -2.29. The molecule has 0 spiro atoms. The maximum atomic E-state index is 13.3. The smallest absolute Gasteiger partial charge is 0.166 e. The van der Waals surface area contributed by atoms with Crippen LogP contribution in [0.4, 0.5) is 4.39 Å². The standard InChI is InChI=1S/C14H10FNO/c15-12-9-11(5-6-14(12)17)16-8-7-10-3-1-2-4-13(10)16/h1-9,17H. The number of aromatic hydroxyl groups is 1. The van der Waals surface area contributed by atoms with Gasteiger partial charge in [0.15, 0.2) is 11.6 Å². The van der Waals surface area contributed by atoms with Crippen molar-refractivity contribution in [2.75, 3.05) is 0 Å². The van der Waals surface area contributed by atoms with E-state index in [2.05, 4.69) is 0 Å². The summed E-state index contributed by atoms with van der Waals surface area (Å²) >= 11 is 0. The summed E-state index contributed by atoms with van der Waals surface area (Å²) in [5.41, 5.74) is 1.71. The van der Waals surface area contributed by atoms with Crippen molar-refractivity contribution in [1.29, 1.82) is 0 Å². The van der Waals surface area contributed by atoms with E-state index in [1.165, 1.54) is 12.1 Å². The number of benzene rings is 2. The van der Waals surface area contributed by atoms with Gasteiger partial charge < -0.3 is 9.67 Å². The zero-order valence-electron chi connectivity index (χ0n) is 8.97. The topological polar surface area (TPSA) is 25.2 Å². The first-order valence-corrected chi connectivity index (χ1v) is 5.31. The molecule has 0 unspecified atom stereocenters. The first-order chi connectivity index (χ1) is 8.25. The van der Waals surface area contributed by atoms with Crippen LogP contribution in [0.25, 0.3) is 16.6 Å². The van der Waals surface area contributed by atoms with Gasteiger partial charge in [0.25, 0.3) is 0 Å². The number of hydrogen-bond donors (Lipinski definition) is 1. The van der Waals surface area contributed by atoms with Crippen LogP contribution in [0.5, 0.6) is 5.75 Å². The molecule has 0 radical (unpaired) electrons. The van der Waals surface area contributed by atoms with E-state index in [0.717, 1.165) is 10.9 Å². The Labute approximate surface area is 97.5 Å². The first-order valence-electron chi connectivity index (χ1n) is 5.31. The van der Waals surface area contributed by atoms with Gasteiger partial charge in [-0.1, -0.05) is 18.2 Å². The second-order valence-electron chi connectivity index (χ2n) is 3.88. The molecule has 84 valence electrons. The van der Waals surface area contributed by atoms with E-state index in [1.54, 1.807) is 6.07 Å². The molecule has 0 aliphatic heterocycles. The van der Waals surface area contributed by atoms with Crippen molar-refractivity contribution >= 4 is 10.9 Å². The Morgan fingerprint density at radius 3 is 2.65 bits per heavy atom. The molecule has 0 saturated carbocycles. The number of phenols is 1. The normalized spacial score (nSPS) is 10.9. The molecule has 2 aromatic carbocycles. The van der Waals surface area contributed by atoms with Crippen molar-refractivity contribution in [3.63, 3.8) is 0 Å². The highest BCUT2D eigenvalue weighted by atomic mass is 19.1. The Kier molecular flexibility index (Phi) is 2.11. The Bertz CT molecular complexity index is 688. The van der Waals surface area contributed by atoms with E-state index in [9.17, 15) is 9.50 Å². The molecule has 17 heavy (non-hydrogen) atoms. The lowest BCUT2D eigenvalue weighted by Crippen LogP contribution is -1.92. The van der Waals surface area contributed by atoms with Crippen LogP contribution in [-0.2, 0) is 0 Å². The first kappa shape index (κ1) is 9.90. The van der Waals surface area contributed by atoms with Crippen LogP contribution < -0.4 is 0 Å². The van der Waals surface area contributed by atoms with E-state index in [0.29, 0.717) is 5.69 Å². The van der Waals surface area contributed by atoms with Gasteiger partial charge in [0, 0.05) is 18.0 Å². The summed E-state index contributed by atoms with van der Waals surface area (Å²) in [7, 11) is 0. The highest BCUT2D eigenvalue weighted by Crippen LogP contribution is 2.23. The third kappa shape index (κ3) is 1.56. The fraction of sp³-hybridized carbons (Fsp3) is 0. The van der Waals surface area contributed by atoms with Gasteiger partial charge in [0.05, 0.1) is 5.52 Å². The molecule has 0 fully saturated rings. The number of fused-ring (bicyclic) bond motifs is 1. The van der Waals surface area contributed by atoms with Crippen molar-refractivity contribution in [3.05, 3.63) is 60.5 Å². The second kappa shape index (κ2) is 3.63. The number of phenolic OH excluding ortho intramolecular Hbond substituents is 1. The van der Waals surface area contributed by atoms with Crippen LogP contribution >= 0.6 is 0 Å². The van der Waals surface area contributed by atoms with E-state index in [1.807, 2.05) is 41.1 Å². The number of para-hydroxylation sites is 1. The van der Waals surface area contributed by atoms with E-state index in [-0.39, 0.29) is 5.75 Å². The lowest BCUT2D eigenvalue weighted by molar-refractivity contribution is 0.432. The highest BCUT2D eigenvalue weighted by Gasteiger charge is 2.05. The third-order valence-corrected chi connectivity index (χ3v) is 2.81. The average molecular weight is 227 g/mol. The lowest BCUT2D eigenvalue weighted by atomic mass is 10.2. The zero-order valence-corrected chi connectivity index (χ0v) is 8.97. The van der Waals surface area contributed by atoms with Crippen molar-refractivity contribution < 1.29 is 9.50 Å². The summed E-state index contributed by atoms with van der Waals surface area (Å²) in [4.78, 5) is 0. The lowest BCUT2D eigenvalue weighted by Gasteiger charge is -2.06. The Morgan fingerprint density at radius 2 is 1.82 bits per heavy atom. The van der Waals surface area contributed by atoms with Crippen LogP contribution in [-0.4, -0.2) is 9.67 Å². The monoisotopic (exact) mass is 227 g/mol. The van der Waals surface area contributed by atoms with Gasteiger partial charge in [-0.2, -0.15) is 0 Å². The van der Waals surface area contributed by atoms with Gasteiger partial charge >= 0.3 is 0 Å². The Morgan fingerprint density at radius 1 is 1.00 bits per heavy atom. The van der Waals surface area contributed by atoms with Crippen molar-refractivity contribution in [2.45, 2.75) is 0 Å². The molecule has 0 atom stereocenters. The van der Waals surface area contributed by atoms with Crippen LogP contribution in [0.15, 0.2) is 54.7 Å². The van der Waals surface area contributed by atoms with E-state index < -0.39 is 5.82 Å². The SMILES string of the molecule is Oc1ccc(-n2ccc3ccccc32)cc1F. The molecule has 0 saturated heterocycles. The van der Waals surface area contributed by atoms with Crippen LogP contribution in [0.1, 0.15) is 0 Å². The van der Waals surface area contributed by atoms with Crippen LogP contribution in [0, 0.1) is 5.82 Å². The summed E-state index contributed by atoms with van der Waals surface area (Å²) in [6, 6.07) is 14.2. The maximum absolute atomic E-state index is 13.3. The van der Waals surface area contributed by atoms with Gasteiger partial charge in [-0.3, -0.25) is 0 Å². The minimum Gasteiger partial charge on any atom is -0.505 e. The molecule has 1 N–H and O–H groups in total. The summed E-state index contributed by atoms with van der Waals surface area (Å²) in [6.45, 7) is 0. The molecule has 3 rings (SSSR count). The van der Waals surface area contributed by atoms with Gasteiger partial charge in [0.1, 0.15) is 0 Å². The van der Waals surface area contributed by atoms with Gasteiger partial charge in [0.2, 0.25) is 0 Å². The molecule has 0 amide bonds. The number of nitrogens with zero attached hydrogens (tertiary/aromatic N) is 1. The minimum atomic E-state index is -0.611. The predicted octanol–water partition coefficient (Wildman–Crippen LogP) is 3.48. The maximum Gasteiger partial charge on any atom is 0.166 e. The van der Waals surface area contributed by atoms with Crippen LogP contribution in [0.3, 0.4) is 0 Å². The molecule has 0 aliphatic carbocycles. The molecule has 0 bridgehead atoms. The number of halogens is 1. The fourth-order valence-corrected chi connectivity index (χ4v) is 1.95. The van der Waals surface area contributed by atoms with Crippen molar-refractivity contribution in [1.82, 2.24) is 4.57 Å². The predicted molar refractivity (Wildman–Crippen MR) is 64.9 cm³/mol. The molecule has 1 aromatic heterocycles. The molecule has 0 aliphatic rings.